The molecule has 1 fully saturated rings. The van der Waals surface area contributed by atoms with Gasteiger partial charge in [-0.1, -0.05) is 36.4 Å². The highest BCUT2D eigenvalue weighted by atomic mass is 79.9. The Kier molecular flexibility index (Phi) is 10.1. The number of ether oxygens (including phenoxy) is 2. The van der Waals surface area contributed by atoms with Crippen LogP contribution in [0.4, 0.5) is 4.79 Å². The Labute approximate surface area is 209 Å². The van der Waals surface area contributed by atoms with Crippen LogP contribution < -0.4 is 10.6 Å². The third-order valence-corrected chi connectivity index (χ3v) is 6.09. The molecule has 0 bridgehead atoms. The van der Waals surface area contributed by atoms with Crippen molar-refractivity contribution in [3.63, 3.8) is 0 Å². The SMILES string of the molecule is Br.CC(C)(C)OC(=O)NC(C(=O)OCC(C(=O)c1cccs1)[C@H]1CCNC1)c1ccccc1. The van der Waals surface area contributed by atoms with Crippen molar-refractivity contribution in [1.82, 2.24) is 10.6 Å². The maximum absolute atomic E-state index is 13.1. The van der Waals surface area contributed by atoms with Gasteiger partial charge in [0.2, 0.25) is 0 Å². The average Bonchev–Trinajstić information content (AvgIpc) is 3.45. The van der Waals surface area contributed by atoms with Crippen LogP contribution in [0.15, 0.2) is 47.8 Å². The molecule has 33 heavy (non-hydrogen) atoms. The van der Waals surface area contributed by atoms with Crippen molar-refractivity contribution in [3.05, 3.63) is 58.3 Å². The van der Waals surface area contributed by atoms with E-state index in [0.29, 0.717) is 17.0 Å². The summed E-state index contributed by atoms with van der Waals surface area (Å²) in [5.74, 6) is -0.994. The van der Waals surface area contributed by atoms with Gasteiger partial charge in [-0.15, -0.1) is 28.3 Å². The molecule has 1 amide bonds. The van der Waals surface area contributed by atoms with E-state index in [-0.39, 0.29) is 35.3 Å². The topological polar surface area (TPSA) is 93.7 Å². The van der Waals surface area contributed by atoms with Crippen LogP contribution in [0.25, 0.3) is 0 Å². The van der Waals surface area contributed by atoms with Crippen molar-refractivity contribution >= 4 is 46.2 Å². The first-order valence-electron chi connectivity index (χ1n) is 10.7. The molecule has 2 unspecified atom stereocenters. The van der Waals surface area contributed by atoms with Gasteiger partial charge < -0.3 is 20.1 Å². The summed E-state index contributed by atoms with van der Waals surface area (Å²) in [4.78, 5) is 39.2. The molecule has 3 rings (SSSR count). The summed E-state index contributed by atoms with van der Waals surface area (Å²) in [6.07, 6.45) is 0.131. The molecule has 180 valence electrons. The minimum absolute atomic E-state index is 0. The summed E-state index contributed by atoms with van der Waals surface area (Å²) in [7, 11) is 0. The standard InChI is InChI=1S/C24H30N2O5S.BrH/c1-24(2,3)31-23(29)26-20(16-8-5-4-6-9-16)22(28)30-15-18(17-11-12-25-14-17)21(27)19-10-7-13-32-19;/h4-10,13,17-18,20,25H,11-12,14-15H2,1-3H3,(H,26,29);1H/t17-,18?,20?;/m0./s1. The van der Waals surface area contributed by atoms with E-state index in [0.717, 1.165) is 13.0 Å². The van der Waals surface area contributed by atoms with Crippen molar-refractivity contribution < 1.29 is 23.9 Å². The number of Topliss-reactive ketones (excluding diaryl/α,β-unsaturated/α-hetero) is 1. The van der Waals surface area contributed by atoms with Crippen molar-refractivity contribution in [2.75, 3.05) is 19.7 Å². The summed E-state index contributed by atoms with van der Waals surface area (Å²) in [6, 6.07) is 11.4. The van der Waals surface area contributed by atoms with Gasteiger partial charge in [0.15, 0.2) is 11.8 Å². The molecule has 0 aliphatic carbocycles. The van der Waals surface area contributed by atoms with E-state index in [4.69, 9.17) is 9.47 Å². The highest BCUT2D eigenvalue weighted by Gasteiger charge is 2.34. The monoisotopic (exact) mass is 538 g/mol. The van der Waals surface area contributed by atoms with Gasteiger partial charge >= 0.3 is 12.1 Å². The molecule has 0 spiro atoms. The number of hydrogen-bond acceptors (Lipinski definition) is 7. The lowest BCUT2D eigenvalue weighted by Crippen LogP contribution is -2.40. The molecule has 1 aromatic carbocycles. The summed E-state index contributed by atoms with van der Waals surface area (Å²) in [5.41, 5.74) is -0.129. The zero-order valence-corrected chi connectivity index (χ0v) is 21.6. The summed E-state index contributed by atoms with van der Waals surface area (Å²) >= 11 is 1.39. The summed E-state index contributed by atoms with van der Waals surface area (Å²) < 4.78 is 10.9. The van der Waals surface area contributed by atoms with E-state index in [1.165, 1.54) is 11.3 Å². The number of benzene rings is 1. The molecule has 1 aromatic heterocycles. The number of halogens is 1. The Balaban J connectivity index is 0.00000385. The number of thiophene rings is 1. The largest absolute Gasteiger partial charge is 0.463 e. The molecule has 7 nitrogen and oxygen atoms in total. The summed E-state index contributed by atoms with van der Waals surface area (Å²) in [6.45, 7) is 6.75. The van der Waals surface area contributed by atoms with E-state index < -0.39 is 29.6 Å². The van der Waals surface area contributed by atoms with Crippen LogP contribution in [-0.4, -0.2) is 43.1 Å². The first-order valence-corrected chi connectivity index (χ1v) is 11.6. The van der Waals surface area contributed by atoms with Gasteiger partial charge in [-0.05, 0) is 63.2 Å². The summed E-state index contributed by atoms with van der Waals surface area (Å²) in [5, 5.41) is 7.74. The Morgan fingerprint density at radius 2 is 1.88 bits per heavy atom. The number of carbonyl (C=O) groups excluding carboxylic acids is 3. The number of ketones is 1. The zero-order chi connectivity index (χ0) is 23.1. The smallest absolute Gasteiger partial charge is 0.408 e. The Bertz CT molecular complexity index is 909. The van der Waals surface area contributed by atoms with Crippen molar-refractivity contribution in [2.45, 2.75) is 38.8 Å². The van der Waals surface area contributed by atoms with E-state index >= 15 is 0 Å². The quantitative estimate of drug-likeness (QED) is 0.378. The maximum Gasteiger partial charge on any atom is 0.408 e. The minimum Gasteiger partial charge on any atom is -0.463 e. The number of hydrogen-bond donors (Lipinski definition) is 2. The Morgan fingerprint density at radius 1 is 1.15 bits per heavy atom. The van der Waals surface area contributed by atoms with E-state index in [1.54, 1.807) is 51.1 Å². The first kappa shape index (κ1) is 27.0. The van der Waals surface area contributed by atoms with Gasteiger partial charge in [0.1, 0.15) is 12.2 Å². The normalized spacial score (nSPS) is 17.4. The molecule has 3 atom stereocenters. The van der Waals surface area contributed by atoms with E-state index in [2.05, 4.69) is 10.6 Å². The molecule has 1 saturated heterocycles. The number of nitrogens with one attached hydrogen (secondary N) is 2. The molecular weight excluding hydrogens is 508 g/mol. The zero-order valence-electron chi connectivity index (χ0n) is 19.0. The Morgan fingerprint density at radius 3 is 2.45 bits per heavy atom. The van der Waals surface area contributed by atoms with Crippen LogP contribution in [-0.2, 0) is 14.3 Å². The van der Waals surface area contributed by atoms with Gasteiger partial charge in [-0.25, -0.2) is 9.59 Å². The molecule has 2 N–H and O–H groups in total. The molecule has 1 aliphatic rings. The third-order valence-electron chi connectivity index (χ3n) is 5.20. The van der Waals surface area contributed by atoms with Crippen LogP contribution in [0.2, 0.25) is 0 Å². The second-order valence-electron chi connectivity index (χ2n) is 8.82. The highest BCUT2D eigenvalue weighted by molar-refractivity contribution is 8.93. The number of rotatable bonds is 8. The van der Waals surface area contributed by atoms with Crippen molar-refractivity contribution in [2.24, 2.45) is 11.8 Å². The molecule has 0 saturated carbocycles. The van der Waals surface area contributed by atoms with Crippen LogP contribution in [0, 0.1) is 11.8 Å². The number of amides is 1. The molecule has 1 aliphatic heterocycles. The molecule has 2 heterocycles. The van der Waals surface area contributed by atoms with Crippen LogP contribution >= 0.6 is 28.3 Å². The predicted molar refractivity (Wildman–Crippen MR) is 133 cm³/mol. The highest BCUT2D eigenvalue weighted by Crippen LogP contribution is 2.26. The van der Waals surface area contributed by atoms with Gasteiger partial charge in [0.25, 0.3) is 0 Å². The fourth-order valence-corrected chi connectivity index (χ4v) is 4.38. The Hall–Kier alpha value is -2.23. The second kappa shape index (κ2) is 12.3. The first-order chi connectivity index (χ1) is 15.2. The predicted octanol–water partition coefficient (Wildman–Crippen LogP) is 4.54. The maximum atomic E-state index is 13.1. The lowest BCUT2D eigenvalue weighted by molar-refractivity contribution is -0.147. The fourth-order valence-electron chi connectivity index (χ4n) is 3.65. The fraction of sp³-hybridized carbons (Fsp3) is 0.458. The van der Waals surface area contributed by atoms with Gasteiger partial charge in [0, 0.05) is 0 Å². The van der Waals surface area contributed by atoms with E-state index in [9.17, 15) is 14.4 Å². The molecule has 2 aromatic rings. The lowest BCUT2D eigenvalue weighted by Gasteiger charge is -2.25. The van der Waals surface area contributed by atoms with Crippen molar-refractivity contribution in [1.29, 1.82) is 0 Å². The van der Waals surface area contributed by atoms with Crippen LogP contribution in [0.1, 0.15) is 48.5 Å². The van der Waals surface area contributed by atoms with Gasteiger partial charge in [0.05, 0.1) is 10.8 Å². The number of esters is 1. The van der Waals surface area contributed by atoms with Gasteiger partial charge in [-0.3, -0.25) is 4.79 Å². The number of alkyl carbamates (subject to hydrolysis) is 1. The average molecular weight is 539 g/mol. The second-order valence-corrected chi connectivity index (χ2v) is 9.77. The van der Waals surface area contributed by atoms with Crippen molar-refractivity contribution in [3.8, 4) is 0 Å². The van der Waals surface area contributed by atoms with Gasteiger partial charge in [-0.2, -0.15) is 0 Å². The molecule has 9 heteroatoms. The molecule has 0 radical (unpaired) electrons. The third kappa shape index (κ3) is 7.94. The van der Waals surface area contributed by atoms with E-state index in [1.807, 2.05) is 17.5 Å². The minimum atomic E-state index is -1.04. The van der Waals surface area contributed by atoms with Crippen LogP contribution in [0.5, 0.6) is 0 Å². The lowest BCUT2D eigenvalue weighted by atomic mass is 9.88. The van der Waals surface area contributed by atoms with Crippen LogP contribution in [0.3, 0.4) is 0 Å². The number of carbonyl (C=O) groups is 3. The molecular formula is C24H31BrN2O5S.